The summed E-state index contributed by atoms with van der Waals surface area (Å²) in [6.07, 6.45) is 4.05. The number of hydrogen-bond donors (Lipinski definition) is 4. The Balaban J connectivity index is 1.51. The number of Topliss-reactive ketones (excluding diaryl/α,β-unsaturated/α-hetero) is 1. The Morgan fingerprint density at radius 1 is 0.771 bits per heavy atom. The number of carbonyl (C=O) groups is 4. The van der Waals surface area contributed by atoms with Crippen molar-refractivity contribution >= 4 is 29.3 Å². The normalized spacial score (nSPS) is 10.8. The topological polar surface area (TPSA) is 177 Å². The van der Waals surface area contributed by atoms with Crippen LogP contribution in [0.3, 0.4) is 0 Å². The molecule has 250 valence electrons. The Hall–Kier alpha value is -5.62. The number of anilines is 1. The fraction of sp³-hybridized carbons (Fsp3) is 0.278. The summed E-state index contributed by atoms with van der Waals surface area (Å²) < 4.78 is 10.9. The number of ether oxygens (including phenoxy) is 2. The van der Waals surface area contributed by atoms with Crippen LogP contribution in [0.1, 0.15) is 61.6 Å². The molecule has 0 fully saturated rings. The third kappa shape index (κ3) is 8.80. The fourth-order valence-corrected chi connectivity index (χ4v) is 5.32. The van der Waals surface area contributed by atoms with Crippen molar-refractivity contribution in [1.82, 2.24) is 15.3 Å². The molecule has 12 nitrogen and oxygen atoms in total. The second-order valence-electron chi connectivity index (χ2n) is 11.1. The molecule has 0 bridgehead atoms. The van der Waals surface area contributed by atoms with Crippen molar-refractivity contribution in [2.45, 2.75) is 46.1 Å². The quantitative estimate of drug-likeness (QED) is 0.119. The Morgan fingerprint density at radius 3 is 2.08 bits per heavy atom. The van der Waals surface area contributed by atoms with E-state index < -0.39 is 17.8 Å². The summed E-state index contributed by atoms with van der Waals surface area (Å²) in [6.45, 7) is 3.87. The lowest BCUT2D eigenvalue weighted by Crippen LogP contribution is -2.22. The lowest BCUT2D eigenvalue weighted by atomic mass is 9.91. The molecule has 4 N–H and O–H groups in total. The number of pyridine rings is 2. The van der Waals surface area contributed by atoms with Gasteiger partial charge in [-0.15, -0.1) is 0 Å². The van der Waals surface area contributed by atoms with E-state index in [0.717, 1.165) is 33.4 Å². The number of carbonyl (C=O) groups excluding carboxylic acids is 2. The smallest absolute Gasteiger partial charge is 0.317 e. The monoisotopic (exact) mass is 654 g/mol. The highest BCUT2D eigenvalue weighted by Crippen LogP contribution is 2.33. The zero-order valence-corrected chi connectivity index (χ0v) is 27.3. The maximum Gasteiger partial charge on any atom is 0.317 e. The van der Waals surface area contributed by atoms with E-state index in [1.807, 2.05) is 44.2 Å². The van der Waals surface area contributed by atoms with Crippen LogP contribution in [0.2, 0.25) is 0 Å². The van der Waals surface area contributed by atoms with E-state index in [1.165, 1.54) is 26.6 Å². The summed E-state index contributed by atoms with van der Waals surface area (Å²) in [4.78, 5) is 56.8. The number of aryl methyl sites for hydroxylation is 1. The number of ketones is 1. The van der Waals surface area contributed by atoms with Gasteiger partial charge in [0, 0.05) is 60.7 Å². The molecular formula is C36H38N4O8. The number of amides is 1. The summed E-state index contributed by atoms with van der Waals surface area (Å²) in [7, 11) is 2.97. The molecule has 0 aliphatic heterocycles. The first kappa shape index (κ1) is 35.2. The van der Waals surface area contributed by atoms with Crippen LogP contribution >= 0.6 is 0 Å². The minimum absolute atomic E-state index is 0.0246. The number of carboxylic acid groups (broad SMARTS) is 2. The molecule has 1 amide bonds. The van der Waals surface area contributed by atoms with Crippen molar-refractivity contribution in [3.8, 4) is 22.6 Å². The highest BCUT2D eigenvalue weighted by molar-refractivity contribution is 6.04. The molecule has 0 spiro atoms. The van der Waals surface area contributed by atoms with Gasteiger partial charge in [0.2, 0.25) is 0 Å². The van der Waals surface area contributed by atoms with E-state index in [2.05, 4.69) is 20.6 Å². The average molecular weight is 655 g/mol. The van der Waals surface area contributed by atoms with Gasteiger partial charge >= 0.3 is 11.9 Å². The molecular weight excluding hydrogens is 616 g/mol. The predicted octanol–water partition coefficient (Wildman–Crippen LogP) is 5.04. The predicted molar refractivity (Wildman–Crippen MR) is 179 cm³/mol. The molecule has 0 aliphatic carbocycles. The Labute approximate surface area is 278 Å². The third-order valence-corrected chi connectivity index (χ3v) is 7.94. The molecule has 0 saturated heterocycles. The summed E-state index contributed by atoms with van der Waals surface area (Å²) in [5.41, 5.74) is 6.69. The van der Waals surface area contributed by atoms with Crippen LogP contribution < -0.4 is 20.1 Å². The van der Waals surface area contributed by atoms with Gasteiger partial charge in [-0.2, -0.15) is 0 Å². The van der Waals surface area contributed by atoms with Crippen molar-refractivity contribution < 1.29 is 38.9 Å². The second-order valence-corrected chi connectivity index (χ2v) is 11.1. The molecule has 12 heteroatoms. The second kappa shape index (κ2) is 16.3. The van der Waals surface area contributed by atoms with Gasteiger partial charge in [0.15, 0.2) is 5.78 Å². The molecule has 4 rings (SSSR count). The van der Waals surface area contributed by atoms with E-state index >= 15 is 0 Å². The summed E-state index contributed by atoms with van der Waals surface area (Å²) >= 11 is 0. The van der Waals surface area contributed by atoms with Crippen LogP contribution in [0.5, 0.6) is 11.5 Å². The molecule has 48 heavy (non-hydrogen) atoms. The number of aliphatic carboxylic acids is 2. The van der Waals surface area contributed by atoms with Gasteiger partial charge in [-0.3, -0.25) is 29.1 Å². The van der Waals surface area contributed by atoms with E-state index in [4.69, 9.17) is 19.7 Å². The molecule has 2 aromatic heterocycles. The largest absolute Gasteiger partial charge is 0.496 e. The van der Waals surface area contributed by atoms with E-state index in [0.29, 0.717) is 35.6 Å². The van der Waals surface area contributed by atoms with Crippen LogP contribution in [-0.2, 0) is 29.0 Å². The number of nitrogens with one attached hydrogen (secondary N) is 2. The number of hydrogen-bond acceptors (Lipinski definition) is 9. The summed E-state index contributed by atoms with van der Waals surface area (Å²) in [6, 6.07) is 14.5. The SMILES string of the molecule is COc1cc(C(=O)Nc2cccc(-c3cccc(CC(=O)c4cc(OC)c(CNCC(=O)O)cn4)c3C)c2C)ncc1CCCC(=O)O. The summed E-state index contributed by atoms with van der Waals surface area (Å²) in [5.74, 6) is -1.58. The number of nitrogens with zero attached hydrogens (tertiary/aromatic N) is 2. The Kier molecular flexibility index (Phi) is 12.0. The molecule has 0 aliphatic rings. The van der Waals surface area contributed by atoms with Gasteiger partial charge in [-0.05, 0) is 60.6 Å². The van der Waals surface area contributed by atoms with Gasteiger partial charge < -0.3 is 30.3 Å². The molecule has 2 heterocycles. The van der Waals surface area contributed by atoms with Gasteiger partial charge in [-0.1, -0.05) is 30.3 Å². The molecule has 0 saturated carbocycles. The van der Waals surface area contributed by atoms with Crippen LogP contribution in [-0.4, -0.2) is 64.6 Å². The van der Waals surface area contributed by atoms with Crippen LogP contribution in [0.25, 0.3) is 11.1 Å². The van der Waals surface area contributed by atoms with Gasteiger partial charge in [0.1, 0.15) is 22.9 Å². The van der Waals surface area contributed by atoms with Crippen LogP contribution in [0.4, 0.5) is 5.69 Å². The molecule has 2 aromatic carbocycles. The molecule has 4 aromatic rings. The van der Waals surface area contributed by atoms with Crippen molar-refractivity contribution in [2.24, 2.45) is 0 Å². The molecule has 0 atom stereocenters. The molecule has 0 radical (unpaired) electrons. The van der Waals surface area contributed by atoms with Gasteiger partial charge in [0.05, 0.1) is 20.8 Å². The lowest BCUT2D eigenvalue weighted by Gasteiger charge is -2.17. The standard InChI is InChI=1S/C36H38N4O8/c1-21-23(14-31(41)29-15-33(48-4)25(19-38-29)17-37-20-35(44)45)8-5-10-26(21)27-11-7-12-28(22(27)2)40-36(46)30-16-32(47-3)24(18-39-30)9-6-13-34(42)43/h5,7-8,10-12,15-16,18-19,37H,6,9,13-14,17,20H2,1-4H3,(H,40,46)(H,42,43)(H,44,45). The first-order valence-corrected chi connectivity index (χ1v) is 15.3. The van der Waals surface area contributed by atoms with E-state index in [-0.39, 0.29) is 43.1 Å². The zero-order chi connectivity index (χ0) is 34.8. The number of aromatic nitrogens is 2. The number of carboxylic acids is 2. The number of methoxy groups -OCH3 is 2. The molecule has 0 unspecified atom stereocenters. The van der Waals surface area contributed by atoms with Gasteiger partial charge in [0.25, 0.3) is 5.91 Å². The number of rotatable bonds is 16. The maximum atomic E-state index is 13.3. The zero-order valence-electron chi connectivity index (χ0n) is 27.3. The maximum absolute atomic E-state index is 13.3. The first-order chi connectivity index (χ1) is 23.0. The van der Waals surface area contributed by atoms with Crippen LogP contribution in [0.15, 0.2) is 60.9 Å². The van der Waals surface area contributed by atoms with Crippen LogP contribution in [0, 0.1) is 13.8 Å². The van der Waals surface area contributed by atoms with Crippen molar-refractivity contribution in [2.75, 3.05) is 26.1 Å². The minimum atomic E-state index is -0.981. The average Bonchev–Trinajstić information content (AvgIpc) is 3.06. The van der Waals surface area contributed by atoms with Crippen molar-refractivity contribution in [1.29, 1.82) is 0 Å². The lowest BCUT2D eigenvalue weighted by molar-refractivity contribution is -0.137. The van der Waals surface area contributed by atoms with Gasteiger partial charge in [-0.25, -0.2) is 0 Å². The van der Waals surface area contributed by atoms with Crippen molar-refractivity contribution in [3.05, 3.63) is 100 Å². The van der Waals surface area contributed by atoms with E-state index in [1.54, 1.807) is 18.2 Å². The van der Waals surface area contributed by atoms with E-state index in [9.17, 15) is 19.2 Å². The highest BCUT2D eigenvalue weighted by atomic mass is 16.5. The first-order valence-electron chi connectivity index (χ1n) is 15.3. The highest BCUT2D eigenvalue weighted by Gasteiger charge is 2.18. The fourth-order valence-electron chi connectivity index (χ4n) is 5.32. The number of benzene rings is 2. The minimum Gasteiger partial charge on any atom is -0.496 e. The Morgan fingerprint density at radius 2 is 1.40 bits per heavy atom. The Bertz CT molecular complexity index is 1710. The third-order valence-electron chi connectivity index (χ3n) is 7.94. The summed E-state index contributed by atoms with van der Waals surface area (Å²) in [5, 5.41) is 23.5. The van der Waals surface area contributed by atoms with Crippen molar-refractivity contribution in [3.63, 3.8) is 0 Å².